The number of carbonyl (C=O) groups excluding carboxylic acids is 1. The molecule has 9 heteroatoms. The average molecular weight is 389 g/mol. The molecule has 2 aromatic rings. The minimum Gasteiger partial charge on any atom is -0.339 e. The third-order valence-electron chi connectivity index (χ3n) is 4.44. The Kier molecular flexibility index (Phi) is 5.90. The first-order valence-electron chi connectivity index (χ1n) is 8.77. The maximum absolute atomic E-state index is 12.6. The van der Waals surface area contributed by atoms with Gasteiger partial charge < -0.3 is 9.80 Å². The summed E-state index contributed by atoms with van der Waals surface area (Å²) in [6.45, 7) is 2.58. The second-order valence-electron chi connectivity index (χ2n) is 6.34. The standard InChI is InChI=1S/C18H23N5O3S/c1-27(25,26)23(16-6-3-2-4-7-16)11-8-17(24)21-12-14-22(15-13-21)18-19-9-5-10-20-18/h2-7,9-10H,8,11-15H2,1H3. The number of hydrogen-bond acceptors (Lipinski definition) is 6. The lowest BCUT2D eigenvalue weighted by Crippen LogP contribution is -2.49. The van der Waals surface area contributed by atoms with Gasteiger partial charge in [-0.15, -0.1) is 0 Å². The molecule has 8 nitrogen and oxygen atoms in total. The molecule has 1 aromatic heterocycles. The molecule has 144 valence electrons. The zero-order chi connectivity index (χ0) is 19.3. The number of nitrogens with zero attached hydrogens (tertiary/aromatic N) is 5. The van der Waals surface area contributed by atoms with E-state index in [4.69, 9.17) is 0 Å². The molecule has 0 saturated carbocycles. The van der Waals surface area contributed by atoms with Crippen LogP contribution in [0.25, 0.3) is 0 Å². The summed E-state index contributed by atoms with van der Waals surface area (Å²) >= 11 is 0. The predicted octanol–water partition coefficient (Wildman–Crippen LogP) is 0.982. The van der Waals surface area contributed by atoms with Gasteiger partial charge in [0.1, 0.15) is 0 Å². The van der Waals surface area contributed by atoms with Crippen LogP contribution < -0.4 is 9.21 Å². The molecule has 0 atom stereocenters. The molecule has 1 fully saturated rings. The smallest absolute Gasteiger partial charge is 0.232 e. The average Bonchev–Trinajstić information content (AvgIpc) is 2.68. The van der Waals surface area contributed by atoms with Gasteiger partial charge in [-0.05, 0) is 18.2 Å². The molecule has 1 saturated heterocycles. The van der Waals surface area contributed by atoms with E-state index in [9.17, 15) is 13.2 Å². The quantitative estimate of drug-likeness (QED) is 0.732. The molecule has 1 aliphatic heterocycles. The van der Waals surface area contributed by atoms with Crippen molar-refractivity contribution in [2.45, 2.75) is 6.42 Å². The predicted molar refractivity (Wildman–Crippen MR) is 104 cm³/mol. The summed E-state index contributed by atoms with van der Waals surface area (Å²) in [4.78, 5) is 24.8. The molecule has 0 bridgehead atoms. The summed E-state index contributed by atoms with van der Waals surface area (Å²) in [6.07, 6.45) is 4.69. The van der Waals surface area contributed by atoms with Crippen molar-refractivity contribution >= 4 is 27.6 Å². The van der Waals surface area contributed by atoms with E-state index in [1.807, 2.05) is 11.0 Å². The molecule has 0 N–H and O–H groups in total. The van der Waals surface area contributed by atoms with E-state index in [0.29, 0.717) is 37.8 Å². The molecule has 3 rings (SSSR count). The van der Waals surface area contributed by atoms with Gasteiger partial charge in [0.2, 0.25) is 21.9 Å². The fourth-order valence-electron chi connectivity index (χ4n) is 3.05. The van der Waals surface area contributed by atoms with E-state index in [2.05, 4.69) is 9.97 Å². The van der Waals surface area contributed by atoms with E-state index < -0.39 is 10.0 Å². The van der Waals surface area contributed by atoms with Crippen LogP contribution in [0.3, 0.4) is 0 Å². The van der Waals surface area contributed by atoms with Crippen LogP contribution in [0.5, 0.6) is 0 Å². The van der Waals surface area contributed by atoms with Gasteiger partial charge in [0.25, 0.3) is 0 Å². The minimum atomic E-state index is -3.45. The lowest BCUT2D eigenvalue weighted by molar-refractivity contribution is -0.131. The molecule has 0 unspecified atom stereocenters. The van der Waals surface area contributed by atoms with Gasteiger partial charge in [-0.2, -0.15) is 0 Å². The highest BCUT2D eigenvalue weighted by atomic mass is 32.2. The van der Waals surface area contributed by atoms with Gasteiger partial charge >= 0.3 is 0 Å². The summed E-state index contributed by atoms with van der Waals surface area (Å²) in [5.41, 5.74) is 0.568. The van der Waals surface area contributed by atoms with Crippen molar-refractivity contribution in [1.82, 2.24) is 14.9 Å². The molecule has 1 aliphatic rings. The van der Waals surface area contributed by atoms with Crippen molar-refractivity contribution in [2.75, 3.05) is 48.2 Å². The molecule has 27 heavy (non-hydrogen) atoms. The van der Waals surface area contributed by atoms with Gasteiger partial charge in [0.05, 0.1) is 11.9 Å². The zero-order valence-corrected chi connectivity index (χ0v) is 16.0. The van der Waals surface area contributed by atoms with Crippen LogP contribution in [0.4, 0.5) is 11.6 Å². The maximum atomic E-state index is 12.6. The number of anilines is 2. The number of piperazine rings is 1. The van der Waals surface area contributed by atoms with Crippen LogP contribution >= 0.6 is 0 Å². The Balaban J connectivity index is 1.56. The van der Waals surface area contributed by atoms with Gasteiger partial charge in [-0.1, -0.05) is 18.2 Å². The number of carbonyl (C=O) groups is 1. The minimum absolute atomic E-state index is 0.0480. The fourth-order valence-corrected chi connectivity index (χ4v) is 3.97. The number of amides is 1. The van der Waals surface area contributed by atoms with Gasteiger partial charge in [-0.25, -0.2) is 18.4 Å². The third-order valence-corrected chi connectivity index (χ3v) is 5.63. The second kappa shape index (κ2) is 8.34. The van der Waals surface area contributed by atoms with Crippen molar-refractivity contribution < 1.29 is 13.2 Å². The van der Waals surface area contributed by atoms with Gasteiger partial charge in [0.15, 0.2) is 0 Å². The Bertz CT molecular complexity index is 853. The summed E-state index contributed by atoms with van der Waals surface area (Å²) < 4.78 is 25.5. The molecular formula is C18H23N5O3S. The Morgan fingerprint density at radius 3 is 2.26 bits per heavy atom. The monoisotopic (exact) mass is 389 g/mol. The number of sulfonamides is 1. The Morgan fingerprint density at radius 2 is 1.67 bits per heavy atom. The number of para-hydroxylation sites is 1. The Hall–Kier alpha value is -2.68. The number of hydrogen-bond donors (Lipinski definition) is 0. The molecule has 1 aromatic carbocycles. The first-order valence-corrected chi connectivity index (χ1v) is 10.6. The summed E-state index contributed by atoms with van der Waals surface area (Å²) in [6, 6.07) is 10.6. The van der Waals surface area contributed by atoms with E-state index in [1.165, 1.54) is 4.31 Å². The van der Waals surface area contributed by atoms with Crippen LogP contribution in [0.1, 0.15) is 6.42 Å². The normalized spacial score (nSPS) is 14.9. The van der Waals surface area contributed by atoms with Gasteiger partial charge in [-0.3, -0.25) is 9.10 Å². The summed E-state index contributed by atoms with van der Waals surface area (Å²) in [5.74, 6) is 0.616. The first kappa shape index (κ1) is 19.1. The van der Waals surface area contributed by atoms with Crippen molar-refractivity contribution in [3.8, 4) is 0 Å². The highest BCUT2D eigenvalue weighted by Gasteiger charge is 2.24. The topological polar surface area (TPSA) is 86.7 Å². The van der Waals surface area contributed by atoms with Gasteiger partial charge in [0, 0.05) is 51.5 Å². The maximum Gasteiger partial charge on any atom is 0.232 e. The SMILES string of the molecule is CS(=O)(=O)N(CCC(=O)N1CCN(c2ncccn2)CC1)c1ccccc1. The van der Waals surface area contributed by atoms with E-state index in [-0.39, 0.29) is 18.9 Å². The van der Waals surface area contributed by atoms with Crippen molar-refractivity contribution in [3.05, 3.63) is 48.8 Å². The zero-order valence-electron chi connectivity index (χ0n) is 15.2. The van der Waals surface area contributed by atoms with Crippen LogP contribution in [0, 0.1) is 0 Å². The lowest BCUT2D eigenvalue weighted by atomic mass is 10.2. The van der Waals surface area contributed by atoms with Crippen LogP contribution in [-0.4, -0.2) is 68.2 Å². The molecule has 0 aliphatic carbocycles. The molecule has 2 heterocycles. The second-order valence-corrected chi connectivity index (χ2v) is 8.24. The molecular weight excluding hydrogens is 366 g/mol. The number of rotatable bonds is 6. The Morgan fingerprint density at radius 1 is 1.04 bits per heavy atom. The summed E-state index contributed by atoms with van der Waals surface area (Å²) in [7, 11) is -3.45. The summed E-state index contributed by atoms with van der Waals surface area (Å²) in [5, 5.41) is 0. The molecule has 0 radical (unpaired) electrons. The largest absolute Gasteiger partial charge is 0.339 e. The van der Waals surface area contributed by atoms with Crippen LogP contribution in [-0.2, 0) is 14.8 Å². The number of benzene rings is 1. The fraction of sp³-hybridized carbons (Fsp3) is 0.389. The Labute approximate surface area is 159 Å². The van der Waals surface area contributed by atoms with Crippen molar-refractivity contribution in [2.24, 2.45) is 0 Å². The molecule has 0 spiro atoms. The first-order chi connectivity index (χ1) is 12.9. The van der Waals surface area contributed by atoms with Crippen LogP contribution in [0.2, 0.25) is 0 Å². The number of aromatic nitrogens is 2. The lowest BCUT2D eigenvalue weighted by Gasteiger charge is -2.35. The third kappa shape index (κ3) is 4.94. The highest BCUT2D eigenvalue weighted by Crippen LogP contribution is 2.18. The highest BCUT2D eigenvalue weighted by molar-refractivity contribution is 7.92. The van der Waals surface area contributed by atoms with Crippen LogP contribution in [0.15, 0.2) is 48.8 Å². The van der Waals surface area contributed by atoms with E-state index >= 15 is 0 Å². The molecule has 1 amide bonds. The van der Waals surface area contributed by atoms with E-state index in [1.54, 1.807) is 47.6 Å². The van der Waals surface area contributed by atoms with Crippen molar-refractivity contribution in [1.29, 1.82) is 0 Å². The van der Waals surface area contributed by atoms with Crippen molar-refractivity contribution in [3.63, 3.8) is 0 Å². The van der Waals surface area contributed by atoms with E-state index in [0.717, 1.165) is 6.26 Å².